The predicted octanol–water partition coefficient (Wildman–Crippen LogP) is 3.23. The van der Waals surface area contributed by atoms with E-state index in [2.05, 4.69) is 15.6 Å². The summed E-state index contributed by atoms with van der Waals surface area (Å²) in [5, 5.41) is 16.4. The maximum absolute atomic E-state index is 12.5. The summed E-state index contributed by atoms with van der Waals surface area (Å²) >= 11 is 0. The molecule has 2 aromatic heterocycles. The summed E-state index contributed by atoms with van der Waals surface area (Å²) in [7, 11) is -8.92. The van der Waals surface area contributed by atoms with E-state index in [0.29, 0.717) is 41.6 Å². The Labute approximate surface area is 236 Å². The minimum Gasteiger partial charge on any atom is -0.508 e. The van der Waals surface area contributed by atoms with Gasteiger partial charge in [-0.25, -0.2) is 4.98 Å². The molecule has 41 heavy (non-hydrogen) atoms. The van der Waals surface area contributed by atoms with E-state index in [1.54, 1.807) is 36.7 Å². The van der Waals surface area contributed by atoms with E-state index in [-0.39, 0.29) is 23.1 Å². The highest BCUT2D eigenvalue weighted by molar-refractivity contribution is 7.77. The molecule has 1 unspecified atom stereocenters. The zero-order valence-electron chi connectivity index (χ0n) is 22.2. The fourth-order valence-electron chi connectivity index (χ4n) is 4.91. The summed E-state index contributed by atoms with van der Waals surface area (Å²) in [6, 6.07) is 13.3. The fourth-order valence-corrected chi connectivity index (χ4v) is 8.18. The molecule has 1 saturated carbocycles. The first kappa shape index (κ1) is 29.2. The molecule has 0 spiro atoms. The Morgan fingerprint density at radius 1 is 1.00 bits per heavy atom. The molecule has 4 aromatic rings. The lowest BCUT2D eigenvalue weighted by Crippen LogP contribution is -2.33. The van der Waals surface area contributed by atoms with Crippen molar-refractivity contribution < 1.29 is 28.9 Å². The molecule has 2 aromatic carbocycles. The Morgan fingerprint density at radius 3 is 2.41 bits per heavy atom. The van der Waals surface area contributed by atoms with E-state index in [1.807, 2.05) is 10.6 Å². The van der Waals surface area contributed by atoms with Gasteiger partial charge in [0.2, 0.25) is 13.3 Å². The normalized spacial score (nSPS) is 19.1. The van der Waals surface area contributed by atoms with E-state index in [1.165, 1.54) is 12.1 Å². The lowest BCUT2D eigenvalue weighted by atomic mass is 9.92. The first-order chi connectivity index (χ1) is 19.4. The number of nitrogens with one attached hydrogen (secondary N) is 2. The number of phenolic OH excluding ortho intramolecular Hbond substituents is 1. The van der Waals surface area contributed by atoms with E-state index >= 15 is 0 Å². The number of rotatable bonds is 10. The van der Waals surface area contributed by atoms with Crippen molar-refractivity contribution in [2.45, 2.75) is 50.7 Å². The van der Waals surface area contributed by atoms with Gasteiger partial charge >= 0.3 is 7.60 Å². The number of hydrogen-bond donors (Lipinski definition) is 7. The molecule has 0 saturated heterocycles. The minimum atomic E-state index is -4.68. The quantitative estimate of drug-likeness (QED) is 0.131. The average Bonchev–Trinajstić information content (AvgIpc) is 3.31. The molecule has 1 fully saturated rings. The van der Waals surface area contributed by atoms with Crippen LogP contribution in [0.3, 0.4) is 0 Å². The van der Waals surface area contributed by atoms with Crippen LogP contribution in [0.1, 0.15) is 31.2 Å². The highest BCUT2D eigenvalue weighted by atomic mass is 31.2. The first-order valence-electron chi connectivity index (χ1n) is 13.2. The molecule has 0 aliphatic heterocycles. The minimum absolute atomic E-state index is 0.0618. The van der Waals surface area contributed by atoms with Crippen LogP contribution in [0, 0.1) is 0 Å². The third-order valence-electron chi connectivity index (χ3n) is 7.03. The standard InChI is InChI=1S/C26H33N7O6P2/c27-18-4-6-20(7-5-18)30-26-31-24(29-19-8-10-22(11-9-19)40(35,36)16-41(37,38)39)23-25(32-26)33(15-28-23)13-12-17-2-1-3-21(34)14-17/h1-3,8-11,14-15,18,20,34H,4-7,12-13,16,27H2,(H,35,36)(H2,37,38,39)(H2,29,30,31,32). The second-order valence-corrected chi connectivity index (χ2v) is 14.7. The zero-order valence-corrected chi connectivity index (χ0v) is 24.0. The Bertz CT molecular complexity index is 1620. The van der Waals surface area contributed by atoms with Crippen molar-refractivity contribution in [3.05, 3.63) is 60.4 Å². The number of aromatic hydroxyl groups is 1. The van der Waals surface area contributed by atoms with Crippen molar-refractivity contribution in [3.8, 4) is 5.75 Å². The van der Waals surface area contributed by atoms with Gasteiger partial charge in [0.1, 0.15) is 11.7 Å². The van der Waals surface area contributed by atoms with Crippen LogP contribution in [0.2, 0.25) is 0 Å². The van der Waals surface area contributed by atoms with Crippen LogP contribution in [-0.4, -0.2) is 57.3 Å². The first-order valence-corrected chi connectivity index (χ1v) is 16.9. The lowest BCUT2D eigenvalue weighted by Gasteiger charge is -2.26. The fraction of sp³-hybridized carbons (Fsp3) is 0.346. The Morgan fingerprint density at radius 2 is 1.73 bits per heavy atom. The van der Waals surface area contributed by atoms with Gasteiger partial charge in [0.15, 0.2) is 17.0 Å². The van der Waals surface area contributed by atoms with Crippen LogP contribution >= 0.6 is 15.0 Å². The summed E-state index contributed by atoms with van der Waals surface area (Å²) in [5.74, 6) is -0.0646. The maximum Gasteiger partial charge on any atom is 0.335 e. The van der Waals surface area contributed by atoms with Gasteiger partial charge in [-0.3, -0.25) is 9.13 Å². The van der Waals surface area contributed by atoms with Gasteiger partial charge in [0.05, 0.1) is 6.33 Å². The van der Waals surface area contributed by atoms with Crippen LogP contribution in [-0.2, 0) is 22.1 Å². The van der Waals surface area contributed by atoms with Crippen molar-refractivity contribution in [3.63, 3.8) is 0 Å². The molecular weight excluding hydrogens is 568 g/mol. The van der Waals surface area contributed by atoms with Gasteiger partial charge in [-0.2, -0.15) is 9.97 Å². The molecule has 15 heteroatoms. The summed E-state index contributed by atoms with van der Waals surface area (Å²) < 4.78 is 25.7. The average molecular weight is 602 g/mol. The van der Waals surface area contributed by atoms with Crippen molar-refractivity contribution >= 4 is 48.9 Å². The Kier molecular flexibility index (Phi) is 8.47. The second kappa shape index (κ2) is 11.9. The van der Waals surface area contributed by atoms with Crippen LogP contribution in [0.25, 0.3) is 11.2 Å². The van der Waals surface area contributed by atoms with Gasteiger partial charge in [-0.05, 0) is 74.1 Å². The van der Waals surface area contributed by atoms with Gasteiger partial charge in [-0.1, -0.05) is 12.1 Å². The van der Waals surface area contributed by atoms with Crippen LogP contribution < -0.4 is 21.7 Å². The number of nitrogens with two attached hydrogens (primary N) is 1. The van der Waals surface area contributed by atoms with E-state index in [4.69, 9.17) is 25.5 Å². The van der Waals surface area contributed by atoms with E-state index < -0.39 is 20.9 Å². The molecule has 5 rings (SSSR count). The predicted molar refractivity (Wildman–Crippen MR) is 157 cm³/mol. The number of nitrogens with zero attached hydrogens (tertiary/aromatic N) is 4. The molecule has 13 nitrogen and oxygen atoms in total. The van der Waals surface area contributed by atoms with Gasteiger partial charge in [-0.15, -0.1) is 0 Å². The summed E-state index contributed by atoms with van der Waals surface area (Å²) in [6.07, 6.45) is 5.96. The van der Waals surface area contributed by atoms with Crippen molar-refractivity contribution in [1.82, 2.24) is 19.5 Å². The third-order valence-corrected chi connectivity index (χ3v) is 11.1. The molecule has 218 valence electrons. The SMILES string of the molecule is NC1CCC(Nc2nc(Nc3ccc(P(=O)(O)CP(=O)(O)O)cc3)c3ncn(CCc4cccc(O)c4)c3n2)CC1. The van der Waals surface area contributed by atoms with Crippen LogP contribution in [0.4, 0.5) is 17.5 Å². The second-order valence-electron chi connectivity index (χ2n) is 10.4. The molecular formula is C26H33N7O6P2. The van der Waals surface area contributed by atoms with Crippen LogP contribution in [0.15, 0.2) is 54.9 Å². The summed E-state index contributed by atoms with van der Waals surface area (Å²) in [4.78, 5) is 42.5. The van der Waals surface area contributed by atoms with Crippen molar-refractivity contribution in [2.75, 3.05) is 16.5 Å². The van der Waals surface area contributed by atoms with E-state index in [0.717, 1.165) is 31.2 Å². The topological polar surface area (TPSA) is 209 Å². The van der Waals surface area contributed by atoms with Crippen LogP contribution in [0.5, 0.6) is 5.75 Å². The maximum atomic E-state index is 12.5. The highest BCUT2D eigenvalue weighted by Crippen LogP contribution is 2.53. The number of phenols is 1. The largest absolute Gasteiger partial charge is 0.508 e. The number of benzene rings is 2. The number of imidazole rings is 1. The number of fused-ring (bicyclic) bond motifs is 1. The number of aryl methyl sites for hydroxylation is 2. The number of hydrogen-bond acceptors (Lipinski definition) is 9. The zero-order chi connectivity index (χ0) is 29.2. The molecule has 1 aliphatic carbocycles. The van der Waals surface area contributed by atoms with E-state index in [9.17, 15) is 19.1 Å². The summed E-state index contributed by atoms with van der Waals surface area (Å²) in [5.41, 5.74) is 8.71. The molecule has 2 heterocycles. The van der Waals surface area contributed by atoms with Crippen molar-refractivity contribution in [2.24, 2.45) is 5.73 Å². The lowest BCUT2D eigenvalue weighted by molar-refractivity contribution is 0.376. The van der Waals surface area contributed by atoms with Crippen molar-refractivity contribution in [1.29, 1.82) is 0 Å². The molecule has 8 N–H and O–H groups in total. The Hall–Kier alpha value is -3.31. The smallest absolute Gasteiger partial charge is 0.335 e. The molecule has 0 radical (unpaired) electrons. The van der Waals surface area contributed by atoms with Gasteiger partial charge < -0.3 is 40.7 Å². The number of anilines is 3. The Balaban J connectivity index is 1.43. The molecule has 1 aliphatic rings. The highest BCUT2D eigenvalue weighted by Gasteiger charge is 2.31. The van der Waals surface area contributed by atoms with Gasteiger partial charge in [0, 0.05) is 29.6 Å². The molecule has 0 amide bonds. The monoisotopic (exact) mass is 601 g/mol. The molecule has 0 bridgehead atoms. The van der Waals surface area contributed by atoms with Gasteiger partial charge in [0.25, 0.3) is 0 Å². The third kappa shape index (κ3) is 7.51. The molecule has 1 atom stereocenters. The number of aromatic nitrogens is 4. The summed E-state index contributed by atoms with van der Waals surface area (Å²) in [6.45, 7) is 0.564.